The topological polar surface area (TPSA) is 180 Å². The van der Waals surface area contributed by atoms with Crippen LogP contribution in [0.2, 0.25) is 0 Å². The van der Waals surface area contributed by atoms with Crippen LogP contribution in [0.3, 0.4) is 0 Å². The number of nitrogens with one attached hydrogen (secondary N) is 2. The highest BCUT2D eigenvalue weighted by Crippen LogP contribution is 2.39. The van der Waals surface area contributed by atoms with Gasteiger partial charge in [-0.1, -0.05) is 20.8 Å². The zero-order valence-electron chi connectivity index (χ0n) is 29.2. The van der Waals surface area contributed by atoms with Crippen molar-refractivity contribution in [3.05, 3.63) is 32.2 Å². The van der Waals surface area contributed by atoms with Crippen molar-refractivity contribution in [1.82, 2.24) is 30.4 Å². The summed E-state index contributed by atoms with van der Waals surface area (Å²) in [6.45, 7) is 10.1. The predicted octanol–water partition coefficient (Wildman–Crippen LogP) is 2.82. The van der Waals surface area contributed by atoms with Gasteiger partial charge in [-0.3, -0.25) is 28.9 Å². The van der Waals surface area contributed by atoms with Gasteiger partial charge >= 0.3 is 11.9 Å². The molecule has 1 saturated carbocycles. The summed E-state index contributed by atoms with van der Waals surface area (Å²) in [5.41, 5.74) is -0.0297. The Morgan fingerprint density at radius 2 is 1.86 bits per heavy atom. The number of ether oxygens (including phenoxy) is 2. The van der Waals surface area contributed by atoms with Crippen molar-refractivity contribution in [3.8, 4) is 0 Å². The monoisotopic (exact) mass is 720 g/mol. The lowest BCUT2D eigenvalue weighted by Gasteiger charge is -2.37. The Kier molecular flexibility index (Phi) is 12.9. The number of thiazole rings is 2. The number of nitrogens with zero attached hydrogens (tertiary/aromatic N) is 4. The van der Waals surface area contributed by atoms with E-state index in [1.807, 2.05) is 38.1 Å². The fraction of sp³-hybridized carbons (Fsp3) is 0.667. The molecular formula is C33H48N6O8S2. The molecule has 0 bridgehead atoms. The molecule has 5 atom stereocenters. The van der Waals surface area contributed by atoms with Crippen molar-refractivity contribution < 1.29 is 38.6 Å². The van der Waals surface area contributed by atoms with Gasteiger partial charge in [-0.05, 0) is 39.2 Å². The first-order valence-corrected chi connectivity index (χ1v) is 18.3. The lowest BCUT2D eigenvalue weighted by Crippen LogP contribution is -2.59. The molecule has 2 aromatic rings. The Labute approximate surface area is 294 Å². The van der Waals surface area contributed by atoms with Gasteiger partial charge in [0.2, 0.25) is 11.8 Å². The summed E-state index contributed by atoms with van der Waals surface area (Å²) in [5.74, 6) is -3.16. The van der Waals surface area contributed by atoms with Crippen LogP contribution in [-0.4, -0.2) is 112 Å². The van der Waals surface area contributed by atoms with Crippen LogP contribution in [0.25, 0.3) is 0 Å². The number of carboxylic acid groups (broad SMARTS) is 1. The van der Waals surface area contributed by atoms with Crippen molar-refractivity contribution in [1.29, 1.82) is 0 Å². The third kappa shape index (κ3) is 10.0. The average Bonchev–Trinajstić information content (AvgIpc) is 3.42. The Morgan fingerprint density at radius 3 is 2.43 bits per heavy atom. The molecule has 2 aliphatic rings. The van der Waals surface area contributed by atoms with Gasteiger partial charge < -0.3 is 30.1 Å². The van der Waals surface area contributed by atoms with Gasteiger partial charge in [0.05, 0.1) is 24.1 Å². The van der Waals surface area contributed by atoms with E-state index in [9.17, 15) is 29.1 Å². The number of hydrogen-bond donors (Lipinski definition) is 3. The maximum Gasteiger partial charge on any atom is 0.306 e. The second-order valence-electron chi connectivity index (χ2n) is 13.5. The van der Waals surface area contributed by atoms with Gasteiger partial charge in [-0.25, -0.2) is 9.97 Å². The van der Waals surface area contributed by atoms with Gasteiger partial charge in [0.25, 0.3) is 5.91 Å². The maximum absolute atomic E-state index is 13.9. The molecule has 270 valence electrons. The molecule has 1 aliphatic heterocycles. The summed E-state index contributed by atoms with van der Waals surface area (Å²) in [7, 11) is 3.56. The molecule has 49 heavy (non-hydrogen) atoms. The third-order valence-corrected chi connectivity index (χ3v) is 11.0. The second-order valence-corrected chi connectivity index (χ2v) is 15.3. The van der Waals surface area contributed by atoms with E-state index in [1.165, 1.54) is 29.6 Å². The van der Waals surface area contributed by atoms with Crippen molar-refractivity contribution >= 4 is 52.3 Å². The van der Waals surface area contributed by atoms with Gasteiger partial charge in [-0.2, -0.15) is 0 Å². The smallest absolute Gasteiger partial charge is 0.306 e. The molecule has 2 aromatic heterocycles. The normalized spacial score (nSPS) is 19.7. The summed E-state index contributed by atoms with van der Waals surface area (Å²) in [5, 5.41) is 20.1. The number of morpholine rings is 1. The van der Waals surface area contributed by atoms with Crippen molar-refractivity contribution in [2.24, 2.45) is 11.8 Å². The molecule has 16 heteroatoms. The highest BCUT2D eigenvalue weighted by atomic mass is 32.1. The molecule has 3 N–H and O–H groups in total. The molecular weight excluding hydrogens is 673 g/mol. The standard InChI is InChI=1S/C33H48N6O8S2/c1-18(2)24(39(7)32(45)33(8-9-33)37-29(42)25-15-46-11-10-38(25)6)14-26(47-21(5)40)30-36-23(17-49-30)28(41)35-22(12-19(3)31(43)44)13-27-34-20(4)16-48-27/h16-19,22,24-26H,8-15H2,1-7H3,(H,35,41)(H,37,42)(H,43,44)/t19-,22+,24+,25+,26+/m0/s1. The lowest BCUT2D eigenvalue weighted by atomic mass is 9.95. The minimum absolute atomic E-state index is 0.0504. The minimum Gasteiger partial charge on any atom is -0.481 e. The summed E-state index contributed by atoms with van der Waals surface area (Å²) < 4.78 is 11.2. The third-order valence-electron chi connectivity index (χ3n) is 9.08. The Morgan fingerprint density at radius 1 is 1.14 bits per heavy atom. The number of rotatable bonds is 16. The molecule has 3 amide bonds. The first kappa shape index (κ1) is 38.3. The van der Waals surface area contributed by atoms with Gasteiger partial charge in [0, 0.05) is 61.9 Å². The maximum atomic E-state index is 13.9. The molecule has 0 aromatic carbocycles. The Hall–Kier alpha value is -3.47. The largest absolute Gasteiger partial charge is 0.481 e. The molecule has 0 unspecified atom stereocenters. The number of aromatic nitrogens is 2. The van der Waals surface area contributed by atoms with Crippen molar-refractivity contribution in [2.75, 3.05) is 33.9 Å². The Balaban J connectivity index is 1.47. The quantitative estimate of drug-likeness (QED) is 0.217. The highest BCUT2D eigenvalue weighted by molar-refractivity contribution is 7.10. The van der Waals surface area contributed by atoms with Crippen LogP contribution in [0.5, 0.6) is 0 Å². The Bertz CT molecular complexity index is 1510. The van der Waals surface area contributed by atoms with E-state index in [0.717, 1.165) is 10.7 Å². The SMILES string of the molecule is CC(=O)O[C@H](C[C@H](C(C)C)N(C)C(=O)C1(NC(=O)[C@H]2COCCN2C)CC1)c1nc(C(=O)N[C@@H](Cc2nc(C)cs2)C[C@H](C)C(=O)O)cs1. The van der Waals surface area contributed by atoms with E-state index in [4.69, 9.17) is 9.47 Å². The fourth-order valence-corrected chi connectivity index (χ4v) is 7.70. The number of hydrogen-bond acceptors (Lipinski definition) is 12. The van der Waals surface area contributed by atoms with Crippen LogP contribution >= 0.6 is 22.7 Å². The zero-order valence-corrected chi connectivity index (χ0v) is 30.8. The minimum atomic E-state index is -0.993. The van der Waals surface area contributed by atoms with E-state index >= 15 is 0 Å². The van der Waals surface area contributed by atoms with Crippen molar-refractivity contribution in [3.63, 3.8) is 0 Å². The highest BCUT2D eigenvalue weighted by Gasteiger charge is 2.54. The van der Waals surface area contributed by atoms with Crippen LogP contribution < -0.4 is 10.6 Å². The predicted molar refractivity (Wildman–Crippen MR) is 183 cm³/mol. The van der Waals surface area contributed by atoms with Crippen LogP contribution in [0, 0.1) is 18.8 Å². The van der Waals surface area contributed by atoms with Gasteiger partial charge in [0.1, 0.15) is 22.3 Å². The first-order chi connectivity index (χ1) is 23.1. The summed E-state index contributed by atoms with van der Waals surface area (Å²) in [4.78, 5) is 76.9. The van der Waals surface area contributed by atoms with Crippen LogP contribution in [-0.2, 0) is 35.1 Å². The van der Waals surface area contributed by atoms with E-state index in [1.54, 1.807) is 24.3 Å². The molecule has 3 heterocycles. The summed E-state index contributed by atoms with van der Waals surface area (Å²) in [6.07, 6.45) is 1.01. The number of likely N-dealkylation sites (N-methyl/N-ethyl adjacent to an activating group) is 2. The molecule has 14 nitrogen and oxygen atoms in total. The number of carbonyl (C=O) groups is 5. The molecule has 0 radical (unpaired) electrons. The number of aryl methyl sites for hydroxylation is 1. The van der Waals surface area contributed by atoms with Gasteiger partial charge in [-0.15, -0.1) is 22.7 Å². The van der Waals surface area contributed by atoms with E-state index in [2.05, 4.69) is 20.6 Å². The fourth-order valence-electron chi connectivity index (χ4n) is 6.01. The number of carboxylic acids is 1. The van der Waals surface area contributed by atoms with Gasteiger partial charge in [0.15, 0.2) is 6.10 Å². The second kappa shape index (κ2) is 16.5. The van der Waals surface area contributed by atoms with E-state index in [-0.39, 0.29) is 42.9 Å². The first-order valence-electron chi connectivity index (χ1n) is 16.5. The van der Waals surface area contributed by atoms with Crippen LogP contribution in [0.1, 0.15) is 85.7 Å². The molecule has 1 aliphatic carbocycles. The molecule has 0 spiro atoms. The van der Waals surface area contributed by atoms with Crippen LogP contribution in [0.4, 0.5) is 0 Å². The number of aliphatic carboxylic acids is 1. The molecule has 2 fully saturated rings. The van der Waals surface area contributed by atoms with E-state index in [0.29, 0.717) is 37.4 Å². The number of carbonyl (C=O) groups excluding carboxylic acids is 4. The number of amides is 3. The van der Waals surface area contributed by atoms with E-state index < -0.39 is 53.5 Å². The van der Waals surface area contributed by atoms with Crippen LogP contribution in [0.15, 0.2) is 10.8 Å². The average molecular weight is 721 g/mol. The summed E-state index contributed by atoms with van der Waals surface area (Å²) in [6, 6.07) is -1.36. The molecule has 4 rings (SSSR count). The zero-order chi connectivity index (χ0) is 36.0. The lowest BCUT2D eigenvalue weighted by molar-refractivity contribution is -0.149. The summed E-state index contributed by atoms with van der Waals surface area (Å²) >= 11 is 2.62. The number of esters is 1. The van der Waals surface area contributed by atoms with Crippen molar-refractivity contribution in [2.45, 2.75) is 96.5 Å². The molecule has 1 saturated heterocycles.